The summed E-state index contributed by atoms with van der Waals surface area (Å²) in [5, 5.41) is 2.89. The number of Topliss-reactive ketones (excluding diaryl/α,β-unsaturated/α-hetero) is 1. The van der Waals surface area contributed by atoms with Crippen molar-refractivity contribution in [2.75, 3.05) is 30.4 Å². The van der Waals surface area contributed by atoms with E-state index in [0.29, 0.717) is 17.0 Å². The van der Waals surface area contributed by atoms with Crippen LogP contribution in [-0.2, 0) is 4.79 Å². The molecule has 2 heterocycles. The molecule has 1 N–H and O–H groups in total. The van der Waals surface area contributed by atoms with Crippen LogP contribution in [0.2, 0.25) is 0 Å². The first kappa shape index (κ1) is 18.9. The van der Waals surface area contributed by atoms with Crippen LogP contribution in [0.15, 0.2) is 42.7 Å². The smallest absolute Gasteiger partial charge is 0.224 e. The van der Waals surface area contributed by atoms with Gasteiger partial charge in [0.15, 0.2) is 5.78 Å². The summed E-state index contributed by atoms with van der Waals surface area (Å²) in [6, 6.07) is 9.26. The van der Waals surface area contributed by atoms with Crippen molar-refractivity contribution < 1.29 is 14.3 Å². The van der Waals surface area contributed by atoms with Gasteiger partial charge in [0.05, 0.1) is 12.8 Å². The number of anilines is 2. The standard InChI is InChI=1S/C21H25N3O3/c1-27-20-9-7-17(24-12-3-2-4-13-24)14-18(20)23-21(26)10-8-19(25)16-6-5-11-22-15-16/h5-7,9,11,14-15H,2-4,8,10,12-13H2,1H3,(H,23,26). The van der Waals surface area contributed by atoms with E-state index in [0.717, 1.165) is 18.8 Å². The van der Waals surface area contributed by atoms with Gasteiger partial charge in [0, 0.05) is 49.6 Å². The van der Waals surface area contributed by atoms with Crippen LogP contribution in [0.3, 0.4) is 0 Å². The van der Waals surface area contributed by atoms with Crippen LogP contribution >= 0.6 is 0 Å². The number of hydrogen-bond acceptors (Lipinski definition) is 5. The summed E-state index contributed by atoms with van der Waals surface area (Å²) in [6.07, 6.45) is 7.03. The van der Waals surface area contributed by atoms with E-state index in [1.165, 1.54) is 25.5 Å². The molecule has 3 rings (SSSR count). The summed E-state index contributed by atoms with van der Waals surface area (Å²) < 4.78 is 5.38. The zero-order chi connectivity index (χ0) is 19.1. The molecule has 0 aliphatic carbocycles. The Morgan fingerprint density at radius 2 is 1.96 bits per heavy atom. The molecule has 1 saturated heterocycles. The van der Waals surface area contributed by atoms with E-state index in [4.69, 9.17) is 4.74 Å². The van der Waals surface area contributed by atoms with Gasteiger partial charge in [0.2, 0.25) is 5.91 Å². The second-order valence-electron chi connectivity index (χ2n) is 6.65. The van der Waals surface area contributed by atoms with Crippen molar-refractivity contribution >= 4 is 23.1 Å². The molecule has 1 aliphatic heterocycles. The van der Waals surface area contributed by atoms with E-state index in [9.17, 15) is 9.59 Å². The molecule has 142 valence electrons. The van der Waals surface area contributed by atoms with Gasteiger partial charge in [-0.1, -0.05) is 0 Å². The van der Waals surface area contributed by atoms with Gasteiger partial charge in [0.1, 0.15) is 5.75 Å². The molecule has 0 saturated carbocycles. The van der Waals surface area contributed by atoms with E-state index in [1.54, 1.807) is 25.4 Å². The van der Waals surface area contributed by atoms with Gasteiger partial charge in [-0.2, -0.15) is 0 Å². The maximum atomic E-state index is 12.4. The molecule has 6 heteroatoms. The Labute approximate surface area is 159 Å². The minimum atomic E-state index is -0.207. The van der Waals surface area contributed by atoms with E-state index in [-0.39, 0.29) is 24.5 Å². The molecule has 1 aliphatic rings. The van der Waals surface area contributed by atoms with Crippen molar-refractivity contribution in [2.45, 2.75) is 32.1 Å². The van der Waals surface area contributed by atoms with E-state index in [1.807, 2.05) is 18.2 Å². The van der Waals surface area contributed by atoms with Crippen LogP contribution in [0.5, 0.6) is 5.75 Å². The lowest BCUT2D eigenvalue weighted by atomic mass is 10.1. The molecule has 0 atom stereocenters. The van der Waals surface area contributed by atoms with Gasteiger partial charge in [-0.05, 0) is 49.6 Å². The number of benzene rings is 1. The first-order valence-corrected chi connectivity index (χ1v) is 9.33. The summed E-state index contributed by atoms with van der Waals surface area (Å²) in [4.78, 5) is 30.7. The monoisotopic (exact) mass is 367 g/mol. The number of nitrogens with one attached hydrogen (secondary N) is 1. The minimum absolute atomic E-state index is 0.0905. The molecule has 0 unspecified atom stereocenters. The molecule has 0 radical (unpaired) electrons. The molecule has 2 aromatic rings. The first-order valence-electron chi connectivity index (χ1n) is 9.33. The number of ether oxygens (including phenoxy) is 1. The van der Waals surface area contributed by atoms with E-state index < -0.39 is 0 Å². The predicted molar refractivity (Wildman–Crippen MR) is 105 cm³/mol. The summed E-state index contributed by atoms with van der Waals surface area (Å²) in [6.45, 7) is 2.05. The van der Waals surface area contributed by atoms with Crippen molar-refractivity contribution in [3.63, 3.8) is 0 Å². The van der Waals surface area contributed by atoms with Crippen LogP contribution in [0.4, 0.5) is 11.4 Å². The lowest BCUT2D eigenvalue weighted by molar-refractivity contribution is -0.116. The summed E-state index contributed by atoms with van der Waals surface area (Å²) in [5.41, 5.74) is 2.24. The molecule has 0 spiro atoms. The number of pyridine rings is 1. The Morgan fingerprint density at radius 1 is 1.15 bits per heavy atom. The largest absolute Gasteiger partial charge is 0.495 e. The van der Waals surface area contributed by atoms with Gasteiger partial charge >= 0.3 is 0 Å². The third kappa shape index (κ3) is 5.06. The number of aromatic nitrogens is 1. The van der Waals surface area contributed by atoms with Crippen molar-refractivity contribution in [3.05, 3.63) is 48.3 Å². The number of piperidine rings is 1. The molecule has 1 fully saturated rings. The highest BCUT2D eigenvalue weighted by Crippen LogP contribution is 2.31. The molecule has 0 bridgehead atoms. The quantitative estimate of drug-likeness (QED) is 0.756. The maximum absolute atomic E-state index is 12.4. The number of methoxy groups -OCH3 is 1. The van der Waals surface area contributed by atoms with Crippen LogP contribution in [0, 0.1) is 0 Å². The van der Waals surface area contributed by atoms with E-state index in [2.05, 4.69) is 15.2 Å². The van der Waals surface area contributed by atoms with Crippen LogP contribution in [0.1, 0.15) is 42.5 Å². The lowest BCUT2D eigenvalue weighted by Crippen LogP contribution is -2.29. The third-order valence-electron chi connectivity index (χ3n) is 4.74. The number of ketones is 1. The number of rotatable bonds is 7. The second kappa shape index (κ2) is 9.16. The number of hydrogen-bond donors (Lipinski definition) is 1. The molecule has 1 aromatic heterocycles. The van der Waals surface area contributed by atoms with Crippen molar-refractivity contribution in [2.24, 2.45) is 0 Å². The van der Waals surface area contributed by atoms with Crippen LogP contribution in [-0.4, -0.2) is 36.9 Å². The molecular weight excluding hydrogens is 342 g/mol. The number of carbonyl (C=O) groups excluding carboxylic acids is 2. The lowest BCUT2D eigenvalue weighted by Gasteiger charge is -2.29. The molecular formula is C21H25N3O3. The summed E-state index contributed by atoms with van der Waals surface area (Å²) >= 11 is 0. The molecule has 1 amide bonds. The number of carbonyl (C=O) groups is 2. The molecule has 1 aromatic carbocycles. The van der Waals surface area contributed by atoms with Crippen LogP contribution in [0.25, 0.3) is 0 Å². The van der Waals surface area contributed by atoms with Gasteiger partial charge in [-0.15, -0.1) is 0 Å². The highest BCUT2D eigenvalue weighted by atomic mass is 16.5. The van der Waals surface area contributed by atoms with Gasteiger partial charge in [0.25, 0.3) is 0 Å². The Hall–Kier alpha value is -2.89. The van der Waals surface area contributed by atoms with Crippen molar-refractivity contribution in [1.29, 1.82) is 0 Å². The fourth-order valence-electron chi connectivity index (χ4n) is 3.25. The first-order chi connectivity index (χ1) is 13.2. The zero-order valence-electron chi connectivity index (χ0n) is 15.6. The average molecular weight is 367 g/mol. The Bertz CT molecular complexity index is 787. The van der Waals surface area contributed by atoms with Crippen molar-refractivity contribution in [3.8, 4) is 5.75 Å². The fourth-order valence-corrected chi connectivity index (χ4v) is 3.25. The zero-order valence-corrected chi connectivity index (χ0v) is 15.6. The van der Waals surface area contributed by atoms with Gasteiger partial charge in [-0.25, -0.2) is 0 Å². The summed E-state index contributed by atoms with van der Waals surface area (Å²) in [7, 11) is 1.58. The average Bonchev–Trinajstić information content (AvgIpc) is 2.73. The number of nitrogens with zero attached hydrogens (tertiary/aromatic N) is 2. The van der Waals surface area contributed by atoms with Gasteiger partial charge < -0.3 is 15.0 Å². The van der Waals surface area contributed by atoms with E-state index >= 15 is 0 Å². The Morgan fingerprint density at radius 3 is 2.67 bits per heavy atom. The third-order valence-corrected chi connectivity index (χ3v) is 4.74. The van der Waals surface area contributed by atoms with Gasteiger partial charge in [-0.3, -0.25) is 14.6 Å². The molecule has 6 nitrogen and oxygen atoms in total. The second-order valence-corrected chi connectivity index (χ2v) is 6.65. The summed E-state index contributed by atoms with van der Waals surface area (Å²) in [5.74, 6) is 0.316. The highest BCUT2D eigenvalue weighted by Gasteiger charge is 2.15. The predicted octanol–water partition coefficient (Wildman–Crippen LogP) is 3.68. The highest BCUT2D eigenvalue weighted by molar-refractivity contribution is 6.00. The topological polar surface area (TPSA) is 71.5 Å². The van der Waals surface area contributed by atoms with Crippen LogP contribution < -0.4 is 15.0 Å². The normalized spacial score (nSPS) is 13.9. The van der Waals surface area contributed by atoms with Crippen molar-refractivity contribution in [1.82, 2.24) is 4.98 Å². The maximum Gasteiger partial charge on any atom is 0.224 e. The fraction of sp³-hybridized carbons (Fsp3) is 0.381. The number of amides is 1. The SMILES string of the molecule is COc1ccc(N2CCCCC2)cc1NC(=O)CCC(=O)c1cccnc1. The Balaban J connectivity index is 1.62. The minimum Gasteiger partial charge on any atom is -0.495 e. The molecule has 27 heavy (non-hydrogen) atoms. The Kier molecular flexibility index (Phi) is 6.41.